The van der Waals surface area contributed by atoms with Crippen LogP contribution in [0.1, 0.15) is 24.8 Å². The quantitative estimate of drug-likeness (QED) is 0.531. The predicted octanol–water partition coefficient (Wildman–Crippen LogP) is 2.53. The molecule has 3 aromatic rings. The highest BCUT2D eigenvalue weighted by Gasteiger charge is 2.18. The van der Waals surface area contributed by atoms with Crippen LogP contribution in [0, 0.1) is 0 Å². The zero-order valence-electron chi connectivity index (χ0n) is 19.2. The van der Waals surface area contributed by atoms with Crippen LogP contribution in [0.3, 0.4) is 0 Å². The zero-order valence-corrected chi connectivity index (χ0v) is 19.2. The molecule has 0 aliphatic carbocycles. The number of nitrogens with one attached hydrogen (secondary N) is 1. The molecule has 3 heterocycles. The molecule has 0 saturated carbocycles. The maximum Gasteiger partial charge on any atom is 0.227 e. The number of amides is 1. The van der Waals surface area contributed by atoms with E-state index in [9.17, 15) is 4.79 Å². The molecule has 0 atom stereocenters. The third-order valence-corrected chi connectivity index (χ3v) is 5.60. The second kappa shape index (κ2) is 10.9. The lowest BCUT2D eigenvalue weighted by Crippen LogP contribution is -2.45. The number of hydrogen-bond acceptors (Lipinski definition) is 8. The number of piperazine rings is 1. The minimum Gasteiger partial charge on any atom is -0.494 e. The molecule has 1 aromatic carbocycles. The number of benzene rings is 1. The number of carbonyl (C=O) groups is 1. The number of ether oxygens (including phenoxy) is 1. The SMILES string of the molecule is CCOc1ccc(-c2noc(CCC(=O)NCc3cccnc3N3CCN(C)CC3)n2)cc1. The Morgan fingerprint density at radius 2 is 1.94 bits per heavy atom. The molecule has 1 N–H and O–H groups in total. The molecule has 9 heteroatoms. The lowest BCUT2D eigenvalue weighted by molar-refractivity contribution is -0.121. The summed E-state index contributed by atoms with van der Waals surface area (Å²) in [7, 11) is 2.13. The average Bonchev–Trinajstić information content (AvgIpc) is 3.32. The molecule has 174 valence electrons. The summed E-state index contributed by atoms with van der Waals surface area (Å²) in [6.07, 6.45) is 2.46. The first-order valence-electron chi connectivity index (χ1n) is 11.3. The Hall–Kier alpha value is -3.46. The molecule has 0 spiro atoms. The van der Waals surface area contributed by atoms with Crippen molar-refractivity contribution < 1.29 is 14.1 Å². The van der Waals surface area contributed by atoms with Gasteiger partial charge < -0.3 is 24.4 Å². The van der Waals surface area contributed by atoms with Crippen molar-refractivity contribution in [3.05, 3.63) is 54.0 Å². The topological polar surface area (TPSA) is 96.6 Å². The fourth-order valence-electron chi connectivity index (χ4n) is 3.71. The van der Waals surface area contributed by atoms with E-state index in [1.807, 2.05) is 43.3 Å². The molecule has 2 aromatic heterocycles. The van der Waals surface area contributed by atoms with Crippen LogP contribution in [0.25, 0.3) is 11.4 Å². The summed E-state index contributed by atoms with van der Waals surface area (Å²) in [5.74, 6) is 2.62. The van der Waals surface area contributed by atoms with Gasteiger partial charge in [-0.2, -0.15) is 4.98 Å². The summed E-state index contributed by atoms with van der Waals surface area (Å²) in [6.45, 7) is 6.88. The van der Waals surface area contributed by atoms with E-state index in [0.29, 0.717) is 31.3 Å². The van der Waals surface area contributed by atoms with Crippen LogP contribution in [0.2, 0.25) is 0 Å². The van der Waals surface area contributed by atoms with Gasteiger partial charge in [0.15, 0.2) is 0 Å². The van der Waals surface area contributed by atoms with Crippen LogP contribution in [0.15, 0.2) is 47.1 Å². The molecular weight excluding hydrogens is 420 g/mol. The molecule has 0 bridgehead atoms. The third kappa shape index (κ3) is 6.07. The van der Waals surface area contributed by atoms with Crippen molar-refractivity contribution in [2.75, 3.05) is 44.7 Å². The van der Waals surface area contributed by atoms with Crippen LogP contribution in [0.5, 0.6) is 5.75 Å². The molecular formula is C24H30N6O3. The van der Waals surface area contributed by atoms with Gasteiger partial charge in [0.05, 0.1) is 6.61 Å². The van der Waals surface area contributed by atoms with Gasteiger partial charge in [0.1, 0.15) is 11.6 Å². The van der Waals surface area contributed by atoms with Crippen molar-refractivity contribution in [1.29, 1.82) is 0 Å². The number of rotatable bonds is 9. The predicted molar refractivity (Wildman–Crippen MR) is 125 cm³/mol. The van der Waals surface area contributed by atoms with E-state index in [0.717, 1.165) is 48.9 Å². The Labute approximate surface area is 193 Å². The molecule has 1 amide bonds. The van der Waals surface area contributed by atoms with Crippen LogP contribution in [-0.2, 0) is 17.8 Å². The number of carbonyl (C=O) groups excluding carboxylic acids is 1. The second-order valence-electron chi connectivity index (χ2n) is 8.02. The lowest BCUT2D eigenvalue weighted by Gasteiger charge is -2.34. The molecule has 0 radical (unpaired) electrons. The second-order valence-corrected chi connectivity index (χ2v) is 8.02. The molecule has 1 fully saturated rings. The van der Waals surface area contributed by atoms with Gasteiger partial charge in [0.2, 0.25) is 17.6 Å². The van der Waals surface area contributed by atoms with Gasteiger partial charge in [0.25, 0.3) is 0 Å². The number of likely N-dealkylation sites (N-methyl/N-ethyl adjacent to an activating group) is 1. The summed E-state index contributed by atoms with van der Waals surface area (Å²) < 4.78 is 10.8. The number of pyridine rings is 1. The van der Waals surface area contributed by atoms with Gasteiger partial charge in [-0.15, -0.1) is 0 Å². The minimum atomic E-state index is -0.0657. The molecule has 0 unspecified atom stereocenters. The Balaban J connectivity index is 1.28. The minimum absolute atomic E-state index is 0.0657. The van der Waals surface area contributed by atoms with Gasteiger partial charge in [-0.25, -0.2) is 4.98 Å². The Bertz CT molecular complexity index is 1040. The molecule has 1 aliphatic rings. The van der Waals surface area contributed by atoms with Crippen molar-refractivity contribution in [2.45, 2.75) is 26.3 Å². The highest BCUT2D eigenvalue weighted by Crippen LogP contribution is 2.21. The normalized spacial score (nSPS) is 14.3. The van der Waals surface area contributed by atoms with Crippen molar-refractivity contribution in [2.24, 2.45) is 0 Å². The van der Waals surface area contributed by atoms with Crippen LogP contribution < -0.4 is 15.0 Å². The smallest absolute Gasteiger partial charge is 0.227 e. The van der Waals surface area contributed by atoms with Crippen molar-refractivity contribution in [3.63, 3.8) is 0 Å². The summed E-state index contributed by atoms with van der Waals surface area (Å²) in [4.78, 5) is 26.0. The van der Waals surface area contributed by atoms with Gasteiger partial charge in [-0.3, -0.25) is 4.79 Å². The largest absolute Gasteiger partial charge is 0.494 e. The highest BCUT2D eigenvalue weighted by atomic mass is 16.5. The third-order valence-electron chi connectivity index (χ3n) is 5.60. The number of hydrogen-bond donors (Lipinski definition) is 1. The van der Waals surface area contributed by atoms with E-state index < -0.39 is 0 Å². The van der Waals surface area contributed by atoms with E-state index in [-0.39, 0.29) is 12.3 Å². The Morgan fingerprint density at radius 3 is 2.70 bits per heavy atom. The first kappa shape index (κ1) is 22.7. The molecule has 9 nitrogen and oxygen atoms in total. The van der Waals surface area contributed by atoms with Crippen molar-refractivity contribution >= 4 is 11.7 Å². The number of nitrogens with zero attached hydrogens (tertiary/aromatic N) is 5. The first-order valence-corrected chi connectivity index (χ1v) is 11.3. The summed E-state index contributed by atoms with van der Waals surface area (Å²) in [5.41, 5.74) is 1.86. The Kier molecular flexibility index (Phi) is 7.51. The fourth-order valence-corrected chi connectivity index (χ4v) is 3.71. The monoisotopic (exact) mass is 450 g/mol. The van der Waals surface area contributed by atoms with Crippen LogP contribution >= 0.6 is 0 Å². The zero-order chi connectivity index (χ0) is 23.0. The number of aryl methyl sites for hydroxylation is 1. The van der Waals surface area contributed by atoms with E-state index in [1.165, 1.54) is 0 Å². The molecule has 4 rings (SSSR count). The summed E-state index contributed by atoms with van der Waals surface area (Å²) in [6, 6.07) is 11.4. The van der Waals surface area contributed by atoms with Gasteiger partial charge in [0, 0.05) is 62.9 Å². The average molecular weight is 451 g/mol. The van der Waals surface area contributed by atoms with Gasteiger partial charge in [-0.05, 0) is 44.3 Å². The van der Waals surface area contributed by atoms with Crippen LogP contribution in [0.4, 0.5) is 5.82 Å². The van der Waals surface area contributed by atoms with E-state index in [4.69, 9.17) is 9.26 Å². The maximum absolute atomic E-state index is 12.4. The van der Waals surface area contributed by atoms with Crippen LogP contribution in [-0.4, -0.2) is 65.8 Å². The summed E-state index contributed by atoms with van der Waals surface area (Å²) >= 11 is 0. The molecule has 1 saturated heterocycles. The highest BCUT2D eigenvalue weighted by molar-refractivity contribution is 5.76. The standard InChI is InChI=1S/C24H30N6O3/c1-3-32-20-8-6-18(7-9-20)23-27-22(33-28-23)11-10-21(31)26-17-19-5-4-12-25-24(19)30-15-13-29(2)14-16-30/h4-9,12H,3,10-11,13-17H2,1-2H3,(H,26,31). The first-order chi connectivity index (χ1) is 16.1. The number of aromatic nitrogens is 3. The van der Waals surface area contributed by atoms with Crippen molar-refractivity contribution in [3.8, 4) is 17.1 Å². The van der Waals surface area contributed by atoms with E-state index in [1.54, 1.807) is 6.20 Å². The Morgan fingerprint density at radius 1 is 1.15 bits per heavy atom. The molecule has 33 heavy (non-hydrogen) atoms. The molecule has 1 aliphatic heterocycles. The lowest BCUT2D eigenvalue weighted by atomic mass is 10.2. The van der Waals surface area contributed by atoms with Gasteiger partial charge >= 0.3 is 0 Å². The fraction of sp³-hybridized carbons (Fsp3) is 0.417. The van der Waals surface area contributed by atoms with E-state index in [2.05, 4.69) is 37.3 Å². The van der Waals surface area contributed by atoms with Gasteiger partial charge in [-0.1, -0.05) is 11.2 Å². The maximum atomic E-state index is 12.4. The number of anilines is 1. The summed E-state index contributed by atoms with van der Waals surface area (Å²) in [5, 5.41) is 7.02. The van der Waals surface area contributed by atoms with E-state index >= 15 is 0 Å². The van der Waals surface area contributed by atoms with Crippen molar-refractivity contribution in [1.82, 2.24) is 25.3 Å².